The molecule has 2 nitrogen and oxygen atoms in total. The Balaban J connectivity index is 1.78. The third-order valence-corrected chi connectivity index (χ3v) is 6.07. The maximum Gasteiger partial charge on any atom is 0.246 e. The fourth-order valence-corrected chi connectivity index (χ4v) is 4.46. The summed E-state index contributed by atoms with van der Waals surface area (Å²) < 4.78 is 0. The first-order valence-electron chi connectivity index (χ1n) is 8.29. The van der Waals surface area contributed by atoms with Crippen LogP contribution in [0.3, 0.4) is 0 Å². The molecule has 2 aromatic rings. The van der Waals surface area contributed by atoms with E-state index in [1.165, 1.54) is 11.1 Å². The normalized spacial score (nSPS) is 18.8. The van der Waals surface area contributed by atoms with Crippen LogP contribution in [0.5, 0.6) is 0 Å². The van der Waals surface area contributed by atoms with Crippen LogP contribution in [-0.2, 0) is 4.79 Å². The average Bonchev–Trinajstić information content (AvgIpc) is 3.11. The molecule has 0 bridgehead atoms. The zero-order valence-electron chi connectivity index (χ0n) is 14.0. The van der Waals surface area contributed by atoms with E-state index < -0.39 is 5.38 Å². The highest BCUT2D eigenvalue weighted by molar-refractivity contribution is 7.99. The molecule has 2 unspecified atom stereocenters. The first-order valence-corrected chi connectivity index (χ1v) is 9.77. The van der Waals surface area contributed by atoms with E-state index in [1.54, 1.807) is 11.8 Å². The van der Waals surface area contributed by atoms with E-state index in [0.717, 1.165) is 17.9 Å². The molecule has 126 valence electrons. The molecule has 1 saturated heterocycles. The fraction of sp³-hybridized carbons (Fsp3) is 0.350. The first kappa shape index (κ1) is 17.4. The number of benzene rings is 2. The maximum absolute atomic E-state index is 12.9. The van der Waals surface area contributed by atoms with E-state index >= 15 is 0 Å². The number of hydrogen-bond acceptors (Lipinski definition) is 2. The molecule has 1 fully saturated rings. The zero-order valence-corrected chi connectivity index (χ0v) is 15.6. The number of nitrogens with zero attached hydrogens (tertiary/aromatic N) is 1. The van der Waals surface area contributed by atoms with E-state index in [-0.39, 0.29) is 11.3 Å². The topological polar surface area (TPSA) is 20.3 Å². The number of halogens is 1. The zero-order chi connectivity index (χ0) is 17.1. The highest BCUT2D eigenvalue weighted by Crippen LogP contribution is 2.40. The van der Waals surface area contributed by atoms with Crippen molar-refractivity contribution >= 4 is 29.3 Å². The van der Waals surface area contributed by atoms with Crippen molar-refractivity contribution in [2.45, 2.75) is 30.5 Å². The van der Waals surface area contributed by atoms with Crippen molar-refractivity contribution in [2.24, 2.45) is 0 Å². The van der Waals surface area contributed by atoms with Gasteiger partial charge in [-0.25, -0.2) is 0 Å². The van der Waals surface area contributed by atoms with E-state index in [4.69, 9.17) is 11.6 Å². The highest BCUT2D eigenvalue weighted by atomic mass is 35.5. The summed E-state index contributed by atoms with van der Waals surface area (Å²) in [7, 11) is 0. The SMILES string of the molecule is CC(C)c1ccc(C2SCCN2C(=O)C(Cl)c2ccccc2)cc1. The number of rotatable bonds is 4. The quantitative estimate of drug-likeness (QED) is 0.684. The van der Waals surface area contributed by atoms with Gasteiger partial charge in [0.2, 0.25) is 5.91 Å². The third-order valence-electron chi connectivity index (χ3n) is 4.37. The standard InChI is InChI=1S/C20H22ClNOS/c1-14(2)15-8-10-17(11-9-15)20-22(12-13-24-20)19(23)18(21)16-6-4-3-5-7-16/h3-11,14,18,20H,12-13H2,1-2H3. The molecule has 0 radical (unpaired) electrons. The highest BCUT2D eigenvalue weighted by Gasteiger charge is 2.34. The van der Waals surface area contributed by atoms with Gasteiger partial charge in [-0.2, -0.15) is 0 Å². The molecule has 3 rings (SSSR count). The molecule has 0 aliphatic carbocycles. The van der Waals surface area contributed by atoms with Gasteiger partial charge in [0.05, 0.1) is 0 Å². The van der Waals surface area contributed by atoms with Crippen molar-refractivity contribution in [2.75, 3.05) is 12.3 Å². The van der Waals surface area contributed by atoms with Gasteiger partial charge in [0, 0.05) is 12.3 Å². The van der Waals surface area contributed by atoms with Crippen LogP contribution in [0.15, 0.2) is 54.6 Å². The monoisotopic (exact) mass is 359 g/mol. The molecule has 24 heavy (non-hydrogen) atoms. The average molecular weight is 360 g/mol. The number of alkyl halides is 1. The van der Waals surface area contributed by atoms with E-state index in [2.05, 4.69) is 38.1 Å². The molecule has 1 amide bonds. The Morgan fingerprint density at radius 2 is 1.75 bits per heavy atom. The molecule has 1 heterocycles. The predicted octanol–water partition coefficient (Wildman–Crippen LogP) is 5.36. The second kappa shape index (κ2) is 7.62. The molecule has 1 aliphatic rings. The Kier molecular flexibility index (Phi) is 5.52. The van der Waals surface area contributed by atoms with Gasteiger partial charge >= 0.3 is 0 Å². The lowest BCUT2D eigenvalue weighted by Crippen LogP contribution is -2.33. The number of thioether (sulfide) groups is 1. The largest absolute Gasteiger partial charge is 0.324 e. The molecular weight excluding hydrogens is 338 g/mol. The van der Waals surface area contributed by atoms with Crippen LogP contribution in [0.4, 0.5) is 0 Å². The second-order valence-corrected chi connectivity index (χ2v) is 7.97. The Labute approximate surface area is 153 Å². The van der Waals surface area contributed by atoms with Crippen molar-refractivity contribution in [3.05, 3.63) is 71.3 Å². The molecule has 4 heteroatoms. The van der Waals surface area contributed by atoms with Crippen LogP contribution >= 0.6 is 23.4 Å². The van der Waals surface area contributed by atoms with Crippen LogP contribution in [0.1, 0.15) is 47.2 Å². The summed E-state index contributed by atoms with van der Waals surface area (Å²) in [4.78, 5) is 14.8. The van der Waals surface area contributed by atoms with Crippen molar-refractivity contribution in [1.29, 1.82) is 0 Å². The van der Waals surface area contributed by atoms with Crippen LogP contribution < -0.4 is 0 Å². The molecule has 1 aliphatic heterocycles. The molecule has 0 spiro atoms. The van der Waals surface area contributed by atoms with E-state index in [0.29, 0.717) is 5.92 Å². The lowest BCUT2D eigenvalue weighted by molar-refractivity contribution is -0.131. The molecule has 0 aromatic heterocycles. The van der Waals surface area contributed by atoms with E-state index in [9.17, 15) is 4.79 Å². The number of amides is 1. The fourth-order valence-electron chi connectivity index (χ4n) is 2.93. The minimum Gasteiger partial charge on any atom is -0.324 e. The molecular formula is C20H22ClNOS. The molecule has 2 aromatic carbocycles. The first-order chi connectivity index (χ1) is 11.6. The number of carbonyl (C=O) groups excluding carboxylic acids is 1. The van der Waals surface area contributed by atoms with Gasteiger partial charge in [0.15, 0.2) is 0 Å². The number of carbonyl (C=O) groups is 1. The second-order valence-electron chi connectivity index (χ2n) is 6.35. The van der Waals surface area contributed by atoms with Gasteiger partial charge in [-0.3, -0.25) is 4.79 Å². The van der Waals surface area contributed by atoms with Crippen LogP contribution in [-0.4, -0.2) is 23.1 Å². The smallest absolute Gasteiger partial charge is 0.246 e. The Morgan fingerprint density at radius 1 is 1.08 bits per heavy atom. The van der Waals surface area contributed by atoms with Crippen molar-refractivity contribution < 1.29 is 4.79 Å². The molecule has 0 N–H and O–H groups in total. The summed E-state index contributed by atoms with van der Waals surface area (Å²) >= 11 is 8.26. The lowest BCUT2D eigenvalue weighted by atomic mass is 10.0. The minimum atomic E-state index is -0.623. The Hall–Kier alpha value is -1.45. The van der Waals surface area contributed by atoms with Gasteiger partial charge in [-0.05, 0) is 22.6 Å². The van der Waals surface area contributed by atoms with Crippen molar-refractivity contribution in [1.82, 2.24) is 4.90 Å². The van der Waals surface area contributed by atoms with Gasteiger partial charge in [-0.15, -0.1) is 23.4 Å². The third kappa shape index (κ3) is 3.62. The molecule has 0 saturated carbocycles. The Morgan fingerprint density at radius 3 is 2.38 bits per heavy atom. The Bertz CT molecular complexity index is 687. The molecule has 2 atom stereocenters. The predicted molar refractivity (Wildman–Crippen MR) is 102 cm³/mol. The summed E-state index contributed by atoms with van der Waals surface area (Å²) in [6.07, 6.45) is 0. The van der Waals surface area contributed by atoms with Gasteiger partial charge in [0.25, 0.3) is 0 Å². The summed E-state index contributed by atoms with van der Waals surface area (Å²) in [6.45, 7) is 5.12. The summed E-state index contributed by atoms with van der Waals surface area (Å²) in [5.74, 6) is 1.45. The van der Waals surface area contributed by atoms with Crippen LogP contribution in [0, 0.1) is 0 Å². The maximum atomic E-state index is 12.9. The van der Waals surface area contributed by atoms with Crippen LogP contribution in [0.2, 0.25) is 0 Å². The van der Waals surface area contributed by atoms with E-state index in [1.807, 2.05) is 35.2 Å². The summed E-state index contributed by atoms with van der Waals surface area (Å²) in [5.41, 5.74) is 3.35. The minimum absolute atomic E-state index is 0.00852. The van der Waals surface area contributed by atoms with Gasteiger partial charge in [-0.1, -0.05) is 68.4 Å². The van der Waals surface area contributed by atoms with Crippen LogP contribution in [0.25, 0.3) is 0 Å². The number of hydrogen-bond donors (Lipinski definition) is 0. The van der Waals surface area contributed by atoms with Gasteiger partial charge < -0.3 is 4.90 Å². The van der Waals surface area contributed by atoms with Crippen molar-refractivity contribution in [3.8, 4) is 0 Å². The van der Waals surface area contributed by atoms with Gasteiger partial charge in [0.1, 0.15) is 10.8 Å². The summed E-state index contributed by atoms with van der Waals surface area (Å²) in [5, 5.41) is -0.564. The van der Waals surface area contributed by atoms with Crippen molar-refractivity contribution in [3.63, 3.8) is 0 Å². The lowest BCUT2D eigenvalue weighted by Gasteiger charge is -2.26. The summed E-state index contributed by atoms with van der Waals surface area (Å²) in [6, 6.07) is 18.2.